The first-order chi connectivity index (χ1) is 15.0. The molecule has 1 saturated heterocycles. The predicted molar refractivity (Wildman–Crippen MR) is 118 cm³/mol. The minimum Gasteiger partial charge on any atom is -0.329 e. The maximum atomic E-state index is 13.9. The Hall–Kier alpha value is -3.91. The Labute approximate surface area is 181 Å². The van der Waals surface area contributed by atoms with E-state index in [9.17, 15) is 14.9 Å². The van der Waals surface area contributed by atoms with Crippen molar-refractivity contribution in [3.8, 4) is 6.07 Å². The van der Waals surface area contributed by atoms with Crippen LogP contribution in [0.3, 0.4) is 0 Å². The Bertz CT molecular complexity index is 1090. The molecule has 0 saturated carbocycles. The van der Waals surface area contributed by atoms with E-state index in [0.717, 1.165) is 11.1 Å². The molecular formula is C26H23N3O2. The van der Waals surface area contributed by atoms with Crippen LogP contribution in [0.4, 0.5) is 4.79 Å². The molecular weight excluding hydrogens is 386 g/mol. The van der Waals surface area contributed by atoms with Gasteiger partial charge >= 0.3 is 6.03 Å². The molecule has 3 aromatic carbocycles. The normalized spacial score (nSPS) is 22.7. The zero-order chi connectivity index (χ0) is 22.0. The Morgan fingerprint density at radius 1 is 0.806 bits per heavy atom. The van der Waals surface area contributed by atoms with Crippen molar-refractivity contribution in [2.75, 3.05) is 0 Å². The monoisotopic (exact) mass is 409 g/mol. The van der Waals surface area contributed by atoms with Crippen molar-refractivity contribution < 1.29 is 9.59 Å². The van der Waals surface area contributed by atoms with Gasteiger partial charge in [-0.15, -0.1) is 0 Å². The highest BCUT2D eigenvalue weighted by molar-refractivity contribution is 6.05. The van der Waals surface area contributed by atoms with Gasteiger partial charge in [-0.25, -0.2) is 4.79 Å². The number of nitriles is 1. The van der Waals surface area contributed by atoms with Crippen LogP contribution in [0.5, 0.6) is 0 Å². The first-order valence-electron chi connectivity index (χ1n) is 10.2. The molecule has 5 heteroatoms. The van der Waals surface area contributed by atoms with Crippen LogP contribution in [0.2, 0.25) is 0 Å². The maximum Gasteiger partial charge on any atom is 0.315 e. The molecule has 0 spiro atoms. The molecule has 2 unspecified atom stereocenters. The van der Waals surface area contributed by atoms with Gasteiger partial charge in [-0.3, -0.25) is 4.79 Å². The fourth-order valence-electron chi connectivity index (χ4n) is 4.18. The second-order valence-corrected chi connectivity index (χ2v) is 7.98. The number of carbonyl (C=O) groups excluding carboxylic acids is 2. The Balaban J connectivity index is 1.95. The number of Topliss-reactive ketones (excluding diaryl/α,β-unsaturated/α-hetero) is 1. The van der Waals surface area contributed by atoms with Crippen molar-refractivity contribution in [2.24, 2.45) is 5.41 Å². The molecule has 1 fully saturated rings. The Morgan fingerprint density at radius 3 is 1.68 bits per heavy atom. The first kappa shape index (κ1) is 20.4. The number of aryl methyl sites for hydroxylation is 2. The van der Waals surface area contributed by atoms with Gasteiger partial charge in [-0.1, -0.05) is 90.0 Å². The van der Waals surface area contributed by atoms with Gasteiger partial charge in [0.25, 0.3) is 0 Å². The fourth-order valence-corrected chi connectivity index (χ4v) is 4.18. The standard InChI is InChI=1S/C26H23N3O2/c1-17-8-12-19(13-9-17)22-26(16-27,24(30)21-6-4-3-5-7-21)23(29-25(31)28-22)20-14-10-18(2)11-15-20/h3-15,22-23H,1-2H3,(H2,28,29,31). The molecule has 1 aliphatic rings. The third kappa shape index (κ3) is 3.57. The lowest BCUT2D eigenvalue weighted by atomic mass is 9.65. The summed E-state index contributed by atoms with van der Waals surface area (Å²) in [5, 5.41) is 16.3. The summed E-state index contributed by atoms with van der Waals surface area (Å²) in [7, 11) is 0. The summed E-state index contributed by atoms with van der Waals surface area (Å²) in [4.78, 5) is 26.6. The molecule has 2 amide bonds. The molecule has 0 aliphatic carbocycles. The van der Waals surface area contributed by atoms with Gasteiger partial charge in [0.2, 0.25) is 0 Å². The van der Waals surface area contributed by atoms with Gasteiger partial charge in [0, 0.05) is 5.56 Å². The summed E-state index contributed by atoms with van der Waals surface area (Å²) in [6.07, 6.45) is 0. The summed E-state index contributed by atoms with van der Waals surface area (Å²) >= 11 is 0. The molecule has 1 aliphatic heterocycles. The maximum absolute atomic E-state index is 13.9. The van der Waals surface area contributed by atoms with E-state index in [4.69, 9.17) is 0 Å². The van der Waals surface area contributed by atoms with Gasteiger partial charge in [-0.2, -0.15) is 5.26 Å². The van der Waals surface area contributed by atoms with Crippen LogP contribution in [0.15, 0.2) is 78.9 Å². The Kier molecular flexibility index (Phi) is 5.31. The number of ketones is 1. The summed E-state index contributed by atoms with van der Waals surface area (Å²) in [6.45, 7) is 3.93. The Morgan fingerprint density at radius 2 is 1.26 bits per heavy atom. The largest absolute Gasteiger partial charge is 0.329 e. The number of nitrogens with zero attached hydrogens (tertiary/aromatic N) is 1. The number of rotatable bonds is 4. The SMILES string of the molecule is Cc1ccc(C2NC(=O)NC(c3ccc(C)cc3)C2(C#N)C(=O)c2ccccc2)cc1. The summed E-state index contributed by atoms with van der Waals surface area (Å²) in [5.74, 6) is -0.334. The number of benzene rings is 3. The number of amides is 2. The summed E-state index contributed by atoms with van der Waals surface area (Å²) in [6, 6.07) is 24.2. The van der Waals surface area contributed by atoms with E-state index in [-0.39, 0.29) is 5.78 Å². The lowest BCUT2D eigenvalue weighted by Gasteiger charge is -2.45. The lowest BCUT2D eigenvalue weighted by Crippen LogP contribution is -2.60. The number of carbonyl (C=O) groups is 2. The van der Waals surface area contributed by atoms with Crippen molar-refractivity contribution in [3.63, 3.8) is 0 Å². The number of hydrogen-bond donors (Lipinski definition) is 2. The third-order valence-corrected chi connectivity index (χ3v) is 5.88. The van der Waals surface area contributed by atoms with Crippen LogP contribution >= 0.6 is 0 Å². The van der Waals surface area contributed by atoms with Crippen molar-refractivity contribution in [1.82, 2.24) is 10.6 Å². The van der Waals surface area contributed by atoms with Crippen molar-refractivity contribution in [1.29, 1.82) is 5.26 Å². The molecule has 0 aromatic heterocycles. The second-order valence-electron chi connectivity index (χ2n) is 7.98. The highest BCUT2D eigenvalue weighted by Gasteiger charge is 2.57. The number of hydrogen-bond acceptors (Lipinski definition) is 3. The average Bonchev–Trinajstić information content (AvgIpc) is 2.80. The molecule has 0 bridgehead atoms. The molecule has 0 radical (unpaired) electrons. The van der Waals surface area contributed by atoms with E-state index in [1.165, 1.54) is 0 Å². The zero-order valence-electron chi connectivity index (χ0n) is 17.4. The number of urea groups is 1. The first-order valence-corrected chi connectivity index (χ1v) is 10.2. The van der Waals surface area contributed by atoms with Crippen molar-refractivity contribution in [3.05, 3.63) is 107 Å². The fraction of sp³-hybridized carbons (Fsp3) is 0.192. The highest BCUT2D eigenvalue weighted by Crippen LogP contribution is 2.48. The van der Waals surface area contributed by atoms with Crippen LogP contribution in [-0.4, -0.2) is 11.8 Å². The summed E-state index contributed by atoms with van der Waals surface area (Å²) in [5.41, 5.74) is 2.37. The van der Waals surface area contributed by atoms with Crippen LogP contribution in [0.1, 0.15) is 44.7 Å². The lowest BCUT2D eigenvalue weighted by molar-refractivity contribution is 0.0708. The summed E-state index contributed by atoms with van der Waals surface area (Å²) < 4.78 is 0. The molecule has 1 heterocycles. The van der Waals surface area contributed by atoms with Crippen molar-refractivity contribution >= 4 is 11.8 Å². The van der Waals surface area contributed by atoms with Gasteiger partial charge in [0.05, 0.1) is 18.2 Å². The average molecular weight is 409 g/mol. The quantitative estimate of drug-likeness (QED) is 0.608. The van der Waals surface area contributed by atoms with Crippen LogP contribution in [0, 0.1) is 30.6 Å². The van der Waals surface area contributed by atoms with Crippen LogP contribution in [-0.2, 0) is 0 Å². The van der Waals surface area contributed by atoms with E-state index >= 15 is 0 Å². The number of nitrogens with one attached hydrogen (secondary N) is 2. The van der Waals surface area contributed by atoms with E-state index in [2.05, 4.69) is 16.7 Å². The smallest absolute Gasteiger partial charge is 0.315 e. The highest BCUT2D eigenvalue weighted by atomic mass is 16.2. The molecule has 3 aromatic rings. The van der Waals surface area contributed by atoms with E-state index in [0.29, 0.717) is 16.7 Å². The molecule has 2 N–H and O–H groups in total. The van der Waals surface area contributed by atoms with Gasteiger partial charge in [-0.05, 0) is 25.0 Å². The predicted octanol–water partition coefficient (Wildman–Crippen LogP) is 4.79. The van der Waals surface area contributed by atoms with Gasteiger partial charge in [0.15, 0.2) is 11.2 Å². The molecule has 2 atom stereocenters. The minimum absolute atomic E-state index is 0.334. The minimum atomic E-state index is -1.58. The van der Waals surface area contributed by atoms with E-state index < -0.39 is 23.5 Å². The molecule has 31 heavy (non-hydrogen) atoms. The molecule has 4 rings (SSSR count). The zero-order valence-corrected chi connectivity index (χ0v) is 17.4. The van der Waals surface area contributed by atoms with Crippen molar-refractivity contribution in [2.45, 2.75) is 25.9 Å². The third-order valence-electron chi connectivity index (χ3n) is 5.88. The topological polar surface area (TPSA) is 82.0 Å². The van der Waals surface area contributed by atoms with Gasteiger partial charge < -0.3 is 10.6 Å². The molecule has 5 nitrogen and oxygen atoms in total. The van der Waals surface area contributed by atoms with Crippen LogP contribution in [0.25, 0.3) is 0 Å². The van der Waals surface area contributed by atoms with E-state index in [1.54, 1.807) is 24.3 Å². The second kappa shape index (κ2) is 8.08. The van der Waals surface area contributed by atoms with Gasteiger partial charge in [0.1, 0.15) is 0 Å². The molecule has 154 valence electrons. The van der Waals surface area contributed by atoms with Crippen LogP contribution < -0.4 is 10.6 Å². The van der Waals surface area contributed by atoms with E-state index in [1.807, 2.05) is 68.4 Å².